The van der Waals surface area contributed by atoms with Gasteiger partial charge in [-0.2, -0.15) is 0 Å². The highest BCUT2D eigenvalue weighted by Gasteiger charge is 2.43. The van der Waals surface area contributed by atoms with E-state index in [-0.39, 0.29) is 23.3 Å². The number of ketones is 1. The molecular weight excluding hydrogens is 354 g/mol. The first-order valence-corrected chi connectivity index (χ1v) is 9.72. The predicted molar refractivity (Wildman–Crippen MR) is 108 cm³/mol. The van der Waals surface area contributed by atoms with Gasteiger partial charge in [-0.05, 0) is 50.3 Å². The number of ether oxygens (including phenoxy) is 2. The molecule has 0 fully saturated rings. The first kappa shape index (κ1) is 20.2. The first-order valence-electron chi connectivity index (χ1n) is 9.72. The summed E-state index contributed by atoms with van der Waals surface area (Å²) >= 11 is 0. The van der Waals surface area contributed by atoms with Crippen LogP contribution in [0.3, 0.4) is 0 Å². The van der Waals surface area contributed by atoms with Crippen molar-refractivity contribution in [3.8, 4) is 5.75 Å². The molecule has 0 spiro atoms. The molecule has 0 bridgehead atoms. The third-order valence-corrected chi connectivity index (χ3v) is 5.25. The summed E-state index contributed by atoms with van der Waals surface area (Å²) in [4.78, 5) is 26.1. The Labute approximate surface area is 166 Å². The average molecular weight is 383 g/mol. The van der Waals surface area contributed by atoms with Crippen molar-refractivity contribution in [1.82, 2.24) is 5.32 Å². The number of carbonyl (C=O) groups excluding carboxylic acids is 2. The lowest BCUT2D eigenvalue weighted by atomic mass is 9.68. The topological polar surface area (TPSA) is 64.6 Å². The molecule has 1 N–H and O–H groups in total. The van der Waals surface area contributed by atoms with Gasteiger partial charge in [0.1, 0.15) is 5.75 Å². The lowest BCUT2D eigenvalue weighted by Crippen LogP contribution is -2.39. The maximum absolute atomic E-state index is 13.2. The number of hydrogen-bond donors (Lipinski definition) is 1. The average Bonchev–Trinajstić information content (AvgIpc) is 2.58. The second-order valence-corrected chi connectivity index (χ2v) is 8.66. The number of allylic oxidation sites excluding steroid dienone is 3. The van der Waals surface area contributed by atoms with E-state index < -0.39 is 5.92 Å². The van der Waals surface area contributed by atoms with Crippen molar-refractivity contribution in [2.24, 2.45) is 5.41 Å². The first-order chi connectivity index (χ1) is 13.1. The number of methoxy groups -OCH3 is 1. The molecule has 28 heavy (non-hydrogen) atoms. The third-order valence-electron chi connectivity index (χ3n) is 5.25. The summed E-state index contributed by atoms with van der Waals surface area (Å²) in [5.74, 6) is -0.000997. The van der Waals surface area contributed by atoms with Crippen molar-refractivity contribution >= 4 is 11.8 Å². The zero-order chi connectivity index (χ0) is 20.6. The van der Waals surface area contributed by atoms with Gasteiger partial charge in [-0.1, -0.05) is 26.0 Å². The van der Waals surface area contributed by atoms with Crippen molar-refractivity contribution in [3.05, 3.63) is 52.4 Å². The standard InChI is InChI=1S/C23H29NO4/c1-13(2)28-22(26)19-14(3)24-17-11-23(4,5)12-18(25)21(17)20(19)15-7-9-16(27-6)10-8-15/h7-10,13,20,24H,11-12H2,1-6H3/t20-/m0/s1. The molecule has 0 radical (unpaired) electrons. The summed E-state index contributed by atoms with van der Waals surface area (Å²) < 4.78 is 10.8. The van der Waals surface area contributed by atoms with Gasteiger partial charge in [-0.3, -0.25) is 4.79 Å². The molecule has 2 aliphatic rings. The van der Waals surface area contributed by atoms with Crippen molar-refractivity contribution in [1.29, 1.82) is 0 Å². The molecule has 5 nitrogen and oxygen atoms in total. The van der Waals surface area contributed by atoms with Crippen molar-refractivity contribution in [3.63, 3.8) is 0 Å². The molecule has 0 aromatic heterocycles. The van der Waals surface area contributed by atoms with Gasteiger partial charge in [-0.15, -0.1) is 0 Å². The van der Waals surface area contributed by atoms with Crippen LogP contribution in [0, 0.1) is 5.41 Å². The number of hydrogen-bond acceptors (Lipinski definition) is 5. The maximum Gasteiger partial charge on any atom is 0.337 e. The Bertz CT molecular complexity index is 859. The van der Waals surface area contributed by atoms with Crippen LogP contribution in [-0.2, 0) is 14.3 Å². The van der Waals surface area contributed by atoms with E-state index in [2.05, 4.69) is 19.2 Å². The molecule has 0 saturated heterocycles. The molecule has 1 aliphatic heterocycles. The summed E-state index contributed by atoms with van der Waals surface area (Å²) in [5, 5.41) is 3.34. The van der Waals surface area contributed by atoms with Gasteiger partial charge < -0.3 is 14.8 Å². The van der Waals surface area contributed by atoms with Crippen LogP contribution in [0.5, 0.6) is 5.75 Å². The zero-order valence-electron chi connectivity index (χ0n) is 17.5. The summed E-state index contributed by atoms with van der Waals surface area (Å²) in [5.41, 5.74) is 3.63. The lowest BCUT2D eigenvalue weighted by molar-refractivity contribution is -0.143. The monoisotopic (exact) mass is 383 g/mol. The Morgan fingerprint density at radius 2 is 1.82 bits per heavy atom. The number of esters is 1. The molecule has 5 heteroatoms. The second kappa shape index (κ2) is 7.46. The number of benzene rings is 1. The lowest BCUT2D eigenvalue weighted by Gasteiger charge is -2.39. The Hall–Kier alpha value is -2.56. The fraction of sp³-hybridized carbons (Fsp3) is 0.478. The molecule has 3 rings (SSSR count). The molecule has 1 aromatic rings. The molecule has 0 unspecified atom stereocenters. The number of carbonyl (C=O) groups is 2. The van der Waals surface area contributed by atoms with Crippen LogP contribution < -0.4 is 10.1 Å². The molecular formula is C23H29NO4. The van der Waals surface area contributed by atoms with E-state index in [4.69, 9.17) is 9.47 Å². The molecule has 1 aliphatic carbocycles. The minimum Gasteiger partial charge on any atom is -0.497 e. The van der Waals surface area contributed by atoms with Crippen LogP contribution in [0.1, 0.15) is 58.9 Å². The minimum absolute atomic E-state index is 0.0851. The van der Waals surface area contributed by atoms with Gasteiger partial charge in [0.05, 0.1) is 18.8 Å². The molecule has 0 amide bonds. The van der Waals surface area contributed by atoms with Crippen molar-refractivity contribution < 1.29 is 19.1 Å². The van der Waals surface area contributed by atoms with Gasteiger partial charge in [0.25, 0.3) is 0 Å². The van der Waals surface area contributed by atoms with Gasteiger partial charge in [-0.25, -0.2) is 4.79 Å². The SMILES string of the molecule is COc1ccc([C@H]2C(C(=O)OC(C)C)=C(C)NC3=C2C(=O)CC(C)(C)C3)cc1. The van der Waals surface area contributed by atoms with E-state index >= 15 is 0 Å². The van der Waals surface area contributed by atoms with Gasteiger partial charge >= 0.3 is 5.97 Å². The molecule has 1 heterocycles. The number of dihydropyridines is 1. The summed E-state index contributed by atoms with van der Waals surface area (Å²) in [7, 11) is 1.61. The van der Waals surface area contributed by atoms with Gasteiger partial charge in [0.2, 0.25) is 0 Å². The Kier molecular flexibility index (Phi) is 5.37. The zero-order valence-corrected chi connectivity index (χ0v) is 17.5. The molecule has 1 atom stereocenters. The van der Waals surface area contributed by atoms with Crippen LogP contribution in [0.15, 0.2) is 46.8 Å². The van der Waals surface area contributed by atoms with Crippen molar-refractivity contribution in [2.75, 3.05) is 7.11 Å². The Morgan fingerprint density at radius 1 is 1.18 bits per heavy atom. The molecule has 1 aromatic carbocycles. The molecule has 0 saturated carbocycles. The maximum atomic E-state index is 13.2. The predicted octanol–water partition coefficient (Wildman–Crippen LogP) is 4.25. The second-order valence-electron chi connectivity index (χ2n) is 8.66. The fourth-order valence-corrected chi connectivity index (χ4v) is 4.11. The highest BCUT2D eigenvalue weighted by atomic mass is 16.5. The van der Waals surface area contributed by atoms with Crippen LogP contribution >= 0.6 is 0 Å². The van der Waals surface area contributed by atoms with Crippen LogP contribution in [0.25, 0.3) is 0 Å². The number of rotatable bonds is 4. The van der Waals surface area contributed by atoms with Crippen molar-refractivity contribution in [2.45, 2.75) is 59.5 Å². The van der Waals surface area contributed by atoms with Crippen LogP contribution in [-0.4, -0.2) is 25.0 Å². The van der Waals surface area contributed by atoms with E-state index in [1.165, 1.54) is 0 Å². The normalized spacial score (nSPS) is 21.4. The summed E-state index contributed by atoms with van der Waals surface area (Å²) in [6.45, 7) is 9.72. The quantitative estimate of drug-likeness (QED) is 0.788. The largest absolute Gasteiger partial charge is 0.497 e. The summed E-state index contributed by atoms with van der Waals surface area (Å²) in [6, 6.07) is 7.55. The fourth-order valence-electron chi connectivity index (χ4n) is 4.11. The Morgan fingerprint density at radius 3 is 2.39 bits per heavy atom. The van der Waals surface area contributed by atoms with E-state index in [9.17, 15) is 9.59 Å². The van der Waals surface area contributed by atoms with E-state index in [1.54, 1.807) is 7.11 Å². The van der Waals surface area contributed by atoms with Crippen LogP contribution in [0.4, 0.5) is 0 Å². The highest BCUT2D eigenvalue weighted by Crippen LogP contribution is 2.47. The van der Waals surface area contributed by atoms with Crippen LogP contribution in [0.2, 0.25) is 0 Å². The summed E-state index contributed by atoms with van der Waals surface area (Å²) in [6.07, 6.45) is 0.997. The third kappa shape index (κ3) is 3.84. The van der Waals surface area contributed by atoms with Gasteiger partial charge in [0, 0.05) is 29.3 Å². The number of Topliss-reactive ketones (excluding diaryl/α,β-unsaturated/α-hetero) is 1. The smallest absolute Gasteiger partial charge is 0.337 e. The molecule has 150 valence electrons. The van der Waals surface area contributed by atoms with E-state index in [1.807, 2.05) is 45.0 Å². The highest BCUT2D eigenvalue weighted by molar-refractivity contribution is 6.04. The van der Waals surface area contributed by atoms with Gasteiger partial charge in [0.15, 0.2) is 5.78 Å². The van der Waals surface area contributed by atoms with E-state index in [0.717, 1.165) is 29.1 Å². The van der Waals surface area contributed by atoms with E-state index in [0.29, 0.717) is 17.6 Å². The Balaban J connectivity index is 2.14. The number of nitrogens with one attached hydrogen (secondary N) is 1. The minimum atomic E-state index is -0.433.